The number of fused-ring (bicyclic) bond motifs is 1. The molecule has 0 fully saturated rings. The number of aromatic nitrogens is 1. The van der Waals surface area contributed by atoms with Gasteiger partial charge in [0.05, 0.1) is 12.1 Å². The molecule has 4 rings (SSSR count). The monoisotopic (exact) mass is 320 g/mol. The van der Waals surface area contributed by atoms with Crippen LogP contribution in [0.1, 0.15) is 27.7 Å². The maximum absolute atomic E-state index is 12.5. The molecule has 2 unspecified atom stereocenters. The van der Waals surface area contributed by atoms with Crippen molar-refractivity contribution >= 4 is 5.91 Å². The van der Waals surface area contributed by atoms with Gasteiger partial charge in [-0.2, -0.15) is 0 Å². The molecule has 2 N–H and O–H groups in total. The summed E-state index contributed by atoms with van der Waals surface area (Å²) in [5.41, 5.74) is 3.01. The van der Waals surface area contributed by atoms with E-state index >= 15 is 0 Å². The van der Waals surface area contributed by atoms with Gasteiger partial charge in [0.15, 0.2) is 5.69 Å². The first-order chi connectivity index (χ1) is 11.7. The summed E-state index contributed by atoms with van der Waals surface area (Å²) < 4.78 is 5.40. The Morgan fingerprint density at radius 2 is 1.88 bits per heavy atom. The molecule has 5 nitrogen and oxygen atoms in total. The number of aliphatic hydroxyl groups excluding tert-OH is 1. The zero-order chi connectivity index (χ0) is 16.5. The molecular weight excluding hydrogens is 304 g/mol. The summed E-state index contributed by atoms with van der Waals surface area (Å²) >= 11 is 0. The third-order valence-electron chi connectivity index (χ3n) is 4.25. The van der Waals surface area contributed by atoms with E-state index in [2.05, 4.69) is 10.3 Å². The molecule has 3 aromatic rings. The summed E-state index contributed by atoms with van der Waals surface area (Å²) in [5.74, 6) is 0.0369. The second kappa shape index (κ2) is 5.94. The van der Waals surface area contributed by atoms with E-state index in [4.69, 9.17) is 4.42 Å². The third kappa shape index (κ3) is 2.59. The Balaban J connectivity index is 1.54. The number of rotatable bonds is 3. The summed E-state index contributed by atoms with van der Waals surface area (Å²) in [6, 6.07) is 16.7. The Kier molecular flexibility index (Phi) is 3.63. The molecule has 120 valence electrons. The summed E-state index contributed by atoms with van der Waals surface area (Å²) in [5, 5.41) is 13.1. The van der Waals surface area contributed by atoms with E-state index in [-0.39, 0.29) is 11.6 Å². The number of oxazole rings is 1. The third-order valence-corrected chi connectivity index (χ3v) is 4.25. The van der Waals surface area contributed by atoms with Crippen LogP contribution in [0.2, 0.25) is 0 Å². The number of amides is 1. The molecule has 0 saturated heterocycles. The normalized spacial score (nSPS) is 19.0. The quantitative estimate of drug-likeness (QED) is 0.778. The van der Waals surface area contributed by atoms with Gasteiger partial charge in [-0.05, 0) is 23.3 Å². The van der Waals surface area contributed by atoms with E-state index in [1.165, 1.54) is 6.26 Å². The number of aliphatic hydroxyl groups is 1. The molecule has 1 amide bonds. The number of hydrogen-bond acceptors (Lipinski definition) is 4. The average molecular weight is 320 g/mol. The molecule has 5 heteroatoms. The van der Waals surface area contributed by atoms with Crippen molar-refractivity contribution in [3.8, 4) is 11.5 Å². The zero-order valence-electron chi connectivity index (χ0n) is 12.8. The molecular formula is C19H16N2O3. The second-order valence-electron chi connectivity index (χ2n) is 5.83. The maximum Gasteiger partial charge on any atom is 0.273 e. The van der Waals surface area contributed by atoms with E-state index < -0.39 is 12.1 Å². The van der Waals surface area contributed by atoms with Gasteiger partial charge in [0, 0.05) is 12.0 Å². The lowest BCUT2D eigenvalue weighted by molar-refractivity contribution is 0.0853. The number of nitrogens with one attached hydrogen (secondary N) is 1. The van der Waals surface area contributed by atoms with Crippen LogP contribution in [0.3, 0.4) is 0 Å². The van der Waals surface area contributed by atoms with Crippen LogP contribution in [0.15, 0.2) is 65.3 Å². The second-order valence-corrected chi connectivity index (χ2v) is 5.83. The molecule has 1 aliphatic carbocycles. The summed E-state index contributed by atoms with van der Waals surface area (Å²) in [4.78, 5) is 16.7. The van der Waals surface area contributed by atoms with Gasteiger partial charge in [-0.15, -0.1) is 0 Å². The fourth-order valence-corrected chi connectivity index (χ4v) is 3.05. The van der Waals surface area contributed by atoms with Crippen molar-refractivity contribution in [3.05, 3.63) is 77.7 Å². The van der Waals surface area contributed by atoms with E-state index in [1.807, 2.05) is 54.6 Å². The van der Waals surface area contributed by atoms with E-state index in [1.54, 1.807) is 0 Å². The number of nitrogens with zero attached hydrogens (tertiary/aromatic N) is 1. The van der Waals surface area contributed by atoms with Crippen molar-refractivity contribution in [2.24, 2.45) is 0 Å². The Morgan fingerprint density at radius 3 is 2.71 bits per heavy atom. The van der Waals surface area contributed by atoms with Gasteiger partial charge < -0.3 is 14.8 Å². The van der Waals surface area contributed by atoms with Crippen LogP contribution in [0.4, 0.5) is 0 Å². The smallest absolute Gasteiger partial charge is 0.273 e. The molecule has 24 heavy (non-hydrogen) atoms. The highest BCUT2D eigenvalue weighted by Gasteiger charge is 2.32. The minimum atomic E-state index is -0.633. The average Bonchev–Trinajstić information content (AvgIpc) is 3.21. The predicted octanol–water partition coefficient (Wildman–Crippen LogP) is 2.73. The maximum atomic E-state index is 12.5. The lowest BCUT2D eigenvalue weighted by Crippen LogP contribution is -2.34. The van der Waals surface area contributed by atoms with Crippen LogP contribution in [0.5, 0.6) is 0 Å². The molecule has 0 bridgehead atoms. The van der Waals surface area contributed by atoms with Crippen molar-refractivity contribution < 1.29 is 14.3 Å². The SMILES string of the molecule is O=C(NC1c2ccccc2CC1O)c1coc(-c2ccccc2)n1. The van der Waals surface area contributed by atoms with Crippen LogP contribution in [-0.4, -0.2) is 22.1 Å². The fraction of sp³-hybridized carbons (Fsp3) is 0.158. The van der Waals surface area contributed by atoms with Crippen LogP contribution in [0, 0.1) is 0 Å². The predicted molar refractivity (Wildman–Crippen MR) is 88.3 cm³/mol. The number of carbonyl (C=O) groups excluding carboxylic acids is 1. The van der Waals surface area contributed by atoms with Crippen molar-refractivity contribution in [2.45, 2.75) is 18.6 Å². The molecule has 1 aromatic heterocycles. The molecule has 0 spiro atoms. The number of benzene rings is 2. The fourth-order valence-electron chi connectivity index (χ4n) is 3.05. The van der Waals surface area contributed by atoms with Crippen LogP contribution in [-0.2, 0) is 6.42 Å². The summed E-state index contributed by atoms with van der Waals surface area (Å²) in [7, 11) is 0. The lowest BCUT2D eigenvalue weighted by Gasteiger charge is -2.17. The molecule has 0 radical (unpaired) electrons. The zero-order valence-corrected chi connectivity index (χ0v) is 12.8. The standard InChI is InChI=1S/C19H16N2O3/c22-16-10-13-8-4-5-9-14(13)17(16)21-18(23)15-11-24-19(20-15)12-6-2-1-3-7-12/h1-9,11,16-17,22H,10H2,(H,21,23). The van der Waals surface area contributed by atoms with Gasteiger partial charge in [-0.3, -0.25) is 4.79 Å². The first-order valence-electron chi connectivity index (χ1n) is 7.80. The minimum Gasteiger partial charge on any atom is -0.444 e. The molecule has 1 heterocycles. The van der Waals surface area contributed by atoms with E-state index in [0.717, 1.165) is 16.7 Å². The molecule has 1 aliphatic rings. The highest BCUT2D eigenvalue weighted by molar-refractivity contribution is 5.92. The minimum absolute atomic E-state index is 0.199. The Hall–Kier alpha value is -2.92. The van der Waals surface area contributed by atoms with Crippen molar-refractivity contribution in [3.63, 3.8) is 0 Å². The van der Waals surface area contributed by atoms with Gasteiger partial charge >= 0.3 is 0 Å². The van der Waals surface area contributed by atoms with Crippen LogP contribution < -0.4 is 5.32 Å². The van der Waals surface area contributed by atoms with Gasteiger partial charge in [-0.25, -0.2) is 4.98 Å². The first kappa shape index (κ1) is 14.7. The van der Waals surface area contributed by atoms with Gasteiger partial charge in [0.25, 0.3) is 5.91 Å². The molecule has 0 aliphatic heterocycles. The molecule has 2 atom stereocenters. The van der Waals surface area contributed by atoms with Crippen molar-refractivity contribution in [1.82, 2.24) is 10.3 Å². The molecule has 0 saturated carbocycles. The lowest BCUT2D eigenvalue weighted by atomic mass is 10.1. The first-order valence-corrected chi connectivity index (χ1v) is 7.80. The highest BCUT2D eigenvalue weighted by Crippen LogP contribution is 2.31. The van der Waals surface area contributed by atoms with Gasteiger partial charge in [0.2, 0.25) is 5.89 Å². The summed E-state index contributed by atoms with van der Waals surface area (Å²) in [6.07, 6.45) is 1.24. The van der Waals surface area contributed by atoms with Crippen molar-refractivity contribution in [2.75, 3.05) is 0 Å². The Morgan fingerprint density at radius 1 is 1.12 bits per heavy atom. The Bertz CT molecular complexity index is 873. The largest absolute Gasteiger partial charge is 0.444 e. The van der Waals surface area contributed by atoms with Gasteiger partial charge in [0.1, 0.15) is 6.26 Å². The number of carbonyl (C=O) groups is 1. The Labute approximate surface area is 139 Å². The van der Waals surface area contributed by atoms with E-state index in [9.17, 15) is 9.90 Å². The summed E-state index contributed by atoms with van der Waals surface area (Å²) in [6.45, 7) is 0. The van der Waals surface area contributed by atoms with Crippen LogP contribution >= 0.6 is 0 Å². The topological polar surface area (TPSA) is 75.4 Å². The molecule has 2 aromatic carbocycles. The van der Waals surface area contributed by atoms with E-state index in [0.29, 0.717) is 12.3 Å². The number of hydrogen-bond donors (Lipinski definition) is 2. The van der Waals surface area contributed by atoms with Gasteiger partial charge in [-0.1, -0.05) is 42.5 Å². The van der Waals surface area contributed by atoms with Crippen LogP contribution in [0.25, 0.3) is 11.5 Å². The highest BCUT2D eigenvalue weighted by atomic mass is 16.3. The van der Waals surface area contributed by atoms with Crippen molar-refractivity contribution in [1.29, 1.82) is 0 Å².